The van der Waals surface area contributed by atoms with Crippen molar-refractivity contribution < 1.29 is 4.74 Å². The molecular formula is C16H28N2O. The molecule has 0 aliphatic carbocycles. The van der Waals surface area contributed by atoms with Crippen LogP contribution in [0.15, 0.2) is 18.2 Å². The molecule has 0 aliphatic heterocycles. The first-order chi connectivity index (χ1) is 8.80. The molecule has 3 heteroatoms. The molecule has 3 nitrogen and oxygen atoms in total. The van der Waals surface area contributed by atoms with E-state index in [9.17, 15) is 0 Å². The van der Waals surface area contributed by atoms with Gasteiger partial charge in [-0.2, -0.15) is 0 Å². The number of rotatable bonds is 6. The molecule has 0 saturated heterocycles. The van der Waals surface area contributed by atoms with Gasteiger partial charge in [0.05, 0.1) is 7.11 Å². The molecule has 0 radical (unpaired) electrons. The number of methoxy groups -OCH3 is 1. The van der Waals surface area contributed by atoms with E-state index in [2.05, 4.69) is 39.8 Å². The van der Waals surface area contributed by atoms with Crippen molar-refractivity contribution >= 4 is 0 Å². The maximum atomic E-state index is 6.32. The van der Waals surface area contributed by atoms with Crippen LogP contribution in [0, 0.1) is 5.41 Å². The molecule has 1 rings (SSSR count). The molecule has 1 atom stereocenters. The van der Waals surface area contributed by atoms with Crippen LogP contribution in [0.3, 0.4) is 0 Å². The second kappa shape index (κ2) is 6.40. The molecule has 0 aromatic heterocycles. The van der Waals surface area contributed by atoms with Crippen LogP contribution >= 0.6 is 0 Å². The first-order valence-electron chi connectivity index (χ1n) is 6.94. The number of ether oxygens (including phenoxy) is 1. The summed E-state index contributed by atoms with van der Waals surface area (Å²) in [6, 6.07) is 6.25. The molecule has 0 amide bonds. The van der Waals surface area contributed by atoms with Gasteiger partial charge in [-0.1, -0.05) is 39.8 Å². The van der Waals surface area contributed by atoms with Crippen molar-refractivity contribution in [2.45, 2.75) is 46.1 Å². The van der Waals surface area contributed by atoms with E-state index in [1.807, 2.05) is 6.07 Å². The number of benzene rings is 1. The van der Waals surface area contributed by atoms with Gasteiger partial charge < -0.3 is 16.2 Å². The standard InChI is InChI=1S/C16H28N2O/c1-11(2)13-8-12(6-7-15(13)19-5)14(18)9-16(3,4)10-17/h6-8,11,14H,9-10,17-18H2,1-5H3. The van der Waals surface area contributed by atoms with Gasteiger partial charge in [0.1, 0.15) is 5.75 Å². The van der Waals surface area contributed by atoms with Gasteiger partial charge in [0.2, 0.25) is 0 Å². The highest BCUT2D eigenvalue weighted by atomic mass is 16.5. The first kappa shape index (κ1) is 16.0. The summed E-state index contributed by atoms with van der Waals surface area (Å²) < 4.78 is 5.40. The lowest BCUT2D eigenvalue weighted by Gasteiger charge is -2.27. The van der Waals surface area contributed by atoms with Crippen LogP contribution in [0.2, 0.25) is 0 Å². The topological polar surface area (TPSA) is 61.3 Å². The number of hydrogen-bond acceptors (Lipinski definition) is 3. The van der Waals surface area contributed by atoms with Crippen molar-refractivity contribution in [2.24, 2.45) is 16.9 Å². The second-order valence-corrected chi connectivity index (χ2v) is 6.34. The summed E-state index contributed by atoms with van der Waals surface area (Å²) >= 11 is 0. The maximum Gasteiger partial charge on any atom is 0.122 e. The third-order valence-corrected chi connectivity index (χ3v) is 3.63. The third-order valence-electron chi connectivity index (χ3n) is 3.63. The Balaban J connectivity index is 2.98. The summed E-state index contributed by atoms with van der Waals surface area (Å²) in [7, 11) is 1.71. The van der Waals surface area contributed by atoms with Crippen molar-refractivity contribution in [1.29, 1.82) is 0 Å². The van der Waals surface area contributed by atoms with E-state index in [0.29, 0.717) is 12.5 Å². The fourth-order valence-corrected chi connectivity index (χ4v) is 2.23. The van der Waals surface area contributed by atoms with Gasteiger partial charge >= 0.3 is 0 Å². The SMILES string of the molecule is COc1ccc(C(N)CC(C)(C)CN)cc1C(C)C. The minimum atomic E-state index is 0.0157. The summed E-state index contributed by atoms with van der Waals surface area (Å²) in [5, 5.41) is 0. The zero-order chi connectivity index (χ0) is 14.6. The lowest BCUT2D eigenvalue weighted by molar-refractivity contribution is 0.317. The Kier molecular flexibility index (Phi) is 5.39. The van der Waals surface area contributed by atoms with Crippen LogP contribution in [-0.2, 0) is 0 Å². The van der Waals surface area contributed by atoms with Gasteiger partial charge in [0.25, 0.3) is 0 Å². The van der Waals surface area contributed by atoms with E-state index >= 15 is 0 Å². The van der Waals surface area contributed by atoms with Crippen molar-refractivity contribution in [1.82, 2.24) is 0 Å². The number of hydrogen-bond donors (Lipinski definition) is 2. The first-order valence-corrected chi connectivity index (χ1v) is 6.94. The number of nitrogens with two attached hydrogens (primary N) is 2. The van der Waals surface area contributed by atoms with Crippen LogP contribution in [0.1, 0.15) is 57.2 Å². The minimum Gasteiger partial charge on any atom is -0.496 e. The average molecular weight is 264 g/mol. The molecular weight excluding hydrogens is 236 g/mol. The van der Waals surface area contributed by atoms with Crippen LogP contribution in [0.25, 0.3) is 0 Å². The molecule has 0 aliphatic rings. The Bertz CT molecular complexity index is 413. The highest BCUT2D eigenvalue weighted by Crippen LogP contribution is 2.32. The molecule has 1 aromatic rings. The van der Waals surface area contributed by atoms with E-state index in [-0.39, 0.29) is 11.5 Å². The zero-order valence-electron chi connectivity index (χ0n) is 12.9. The highest BCUT2D eigenvalue weighted by molar-refractivity contribution is 5.40. The fraction of sp³-hybridized carbons (Fsp3) is 0.625. The Hall–Kier alpha value is -1.06. The zero-order valence-corrected chi connectivity index (χ0v) is 12.9. The molecule has 1 aromatic carbocycles. The molecule has 0 heterocycles. The van der Waals surface area contributed by atoms with Gasteiger partial charge in [0.15, 0.2) is 0 Å². The van der Waals surface area contributed by atoms with Gasteiger partial charge in [0, 0.05) is 6.04 Å². The van der Waals surface area contributed by atoms with Crippen molar-refractivity contribution in [3.63, 3.8) is 0 Å². The van der Waals surface area contributed by atoms with E-state index in [4.69, 9.17) is 16.2 Å². The summed E-state index contributed by atoms with van der Waals surface area (Å²) in [4.78, 5) is 0. The van der Waals surface area contributed by atoms with Gasteiger partial charge in [-0.25, -0.2) is 0 Å². The largest absolute Gasteiger partial charge is 0.496 e. The lowest BCUT2D eigenvalue weighted by Crippen LogP contribution is -2.28. The molecule has 1 unspecified atom stereocenters. The predicted molar refractivity (Wildman–Crippen MR) is 81.5 cm³/mol. The van der Waals surface area contributed by atoms with E-state index in [0.717, 1.165) is 17.7 Å². The van der Waals surface area contributed by atoms with Crippen molar-refractivity contribution in [3.05, 3.63) is 29.3 Å². The Labute approximate surface area is 117 Å². The van der Waals surface area contributed by atoms with Gasteiger partial charge in [-0.3, -0.25) is 0 Å². The smallest absolute Gasteiger partial charge is 0.122 e. The van der Waals surface area contributed by atoms with E-state index in [1.54, 1.807) is 7.11 Å². The molecule has 19 heavy (non-hydrogen) atoms. The highest BCUT2D eigenvalue weighted by Gasteiger charge is 2.21. The molecule has 108 valence electrons. The average Bonchev–Trinajstić information content (AvgIpc) is 2.37. The Morgan fingerprint density at radius 2 is 1.89 bits per heavy atom. The molecule has 0 fully saturated rings. The van der Waals surface area contributed by atoms with Crippen LogP contribution in [-0.4, -0.2) is 13.7 Å². The quantitative estimate of drug-likeness (QED) is 0.829. The normalized spacial score (nSPS) is 13.7. The van der Waals surface area contributed by atoms with Crippen molar-refractivity contribution in [3.8, 4) is 5.75 Å². The van der Waals surface area contributed by atoms with Gasteiger partial charge in [-0.15, -0.1) is 0 Å². The monoisotopic (exact) mass is 264 g/mol. The van der Waals surface area contributed by atoms with Crippen LogP contribution < -0.4 is 16.2 Å². The predicted octanol–water partition coefficient (Wildman–Crippen LogP) is 3.19. The van der Waals surface area contributed by atoms with Crippen LogP contribution in [0.4, 0.5) is 0 Å². The van der Waals surface area contributed by atoms with Gasteiger partial charge in [-0.05, 0) is 41.5 Å². The molecule has 0 bridgehead atoms. The Morgan fingerprint density at radius 1 is 1.26 bits per heavy atom. The maximum absolute atomic E-state index is 6.32. The second-order valence-electron chi connectivity index (χ2n) is 6.34. The summed E-state index contributed by atoms with van der Waals surface area (Å²) in [5.74, 6) is 1.36. The van der Waals surface area contributed by atoms with E-state index in [1.165, 1.54) is 5.56 Å². The third kappa shape index (κ3) is 4.22. The lowest BCUT2D eigenvalue weighted by atomic mass is 9.83. The summed E-state index contributed by atoms with van der Waals surface area (Å²) in [5.41, 5.74) is 14.5. The minimum absolute atomic E-state index is 0.0157. The van der Waals surface area contributed by atoms with E-state index < -0.39 is 0 Å². The van der Waals surface area contributed by atoms with Crippen LogP contribution in [0.5, 0.6) is 5.75 Å². The molecule has 0 spiro atoms. The summed E-state index contributed by atoms with van der Waals surface area (Å²) in [6.45, 7) is 9.28. The summed E-state index contributed by atoms with van der Waals surface area (Å²) in [6.07, 6.45) is 0.882. The molecule has 4 N–H and O–H groups in total. The Morgan fingerprint density at radius 3 is 2.37 bits per heavy atom. The molecule has 0 saturated carbocycles. The fourth-order valence-electron chi connectivity index (χ4n) is 2.23. The van der Waals surface area contributed by atoms with Crippen molar-refractivity contribution in [2.75, 3.05) is 13.7 Å².